The zero-order chi connectivity index (χ0) is 20.6. The Morgan fingerprint density at radius 3 is 2.79 bits per heavy atom. The second kappa shape index (κ2) is 9.82. The molecule has 29 heavy (non-hydrogen) atoms. The molecule has 3 aromatic rings. The van der Waals surface area contributed by atoms with Crippen molar-refractivity contribution in [2.24, 2.45) is 0 Å². The van der Waals surface area contributed by atoms with Gasteiger partial charge in [0.1, 0.15) is 5.76 Å². The number of esters is 1. The average molecular weight is 395 g/mol. The lowest BCUT2D eigenvalue weighted by atomic mass is 10.1. The van der Waals surface area contributed by atoms with E-state index >= 15 is 0 Å². The highest BCUT2D eigenvalue weighted by molar-refractivity contribution is 5.94. The van der Waals surface area contributed by atoms with E-state index in [0.29, 0.717) is 24.4 Å². The Hall–Kier alpha value is -3.22. The Balaban J connectivity index is 1.57. The molecular weight excluding hydrogens is 370 g/mol. The van der Waals surface area contributed by atoms with Crippen LogP contribution in [0.1, 0.15) is 44.1 Å². The van der Waals surface area contributed by atoms with E-state index in [1.165, 1.54) is 0 Å². The Bertz CT molecular complexity index is 983. The number of amides is 1. The molecule has 1 amide bonds. The van der Waals surface area contributed by atoms with Gasteiger partial charge in [-0.15, -0.1) is 0 Å². The standard InChI is InChI=1S/C22H25N3O4/c1-3-4-9-19(22(27)24-20-14-15(2)29-25-20)28-21(26)13-12-17-11-10-16-7-5-6-8-18(16)23-17/h5-8,10-11,14,19H,3-4,9,12-13H2,1-2H3,(H,24,25,27). The first-order valence-corrected chi connectivity index (χ1v) is 9.83. The van der Waals surface area contributed by atoms with Gasteiger partial charge in [-0.2, -0.15) is 0 Å². The molecule has 1 N–H and O–H groups in total. The number of aromatic nitrogens is 2. The predicted molar refractivity (Wildman–Crippen MR) is 109 cm³/mol. The third-order valence-corrected chi connectivity index (χ3v) is 4.51. The molecule has 1 aromatic carbocycles. The van der Waals surface area contributed by atoms with Gasteiger partial charge in [0.25, 0.3) is 5.91 Å². The summed E-state index contributed by atoms with van der Waals surface area (Å²) in [5.41, 5.74) is 1.70. The summed E-state index contributed by atoms with van der Waals surface area (Å²) >= 11 is 0. The van der Waals surface area contributed by atoms with Crippen LogP contribution in [-0.2, 0) is 20.7 Å². The highest BCUT2D eigenvalue weighted by Gasteiger charge is 2.23. The summed E-state index contributed by atoms with van der Waals surface area (Å²) in [6.07, 6.45) is 1.88. The molecule has 1 atom stereocenters. The summed E-state index contributed by atoms with van der Waals surface area (Å²) in [7, 11) is 0. The Morgan fingerprint density at radius 2 is 2.03 bits per heavy atom. The molecule has 0 aliphatic carbocycles. The van der Waals surface area contributed by atoms with Gasteiger partial charge < -0.3 is 14.6 Å². The number of benzene rings is 1. The summed E-state index contributed by atoms with van der Waals surface area (Å²) < 4.78 is 10.4. The zero-order valence-corrected chi connectivity index (χ0v) is 16.7. The smallest absolute Gasteiger partial charge is 0.306 e. The SMILES string of the molecule is CCCCC(OC(=O)CCc1ccc2ccccc2n1)C(=O)Nc1cc(C)on1. The zero-order valence-electron chi connectivity index (χ0n) is 16.7. The molecule has 2 heterocycles. The molecule has 0 aliphatic rings. The molecule has 0 spiro atoms. The van der Waals surface area contributed by atoms with Gasteiger partial charge in [-0.05, 0) is 31.9 Å². The number of unbranched alkanes of at least 4 members (excludes halogenated alkanes) is 1. The second-order valence-electron chi connectivity index (χ2n) is 6.93. The fourth-order valence-corrected chi connectivity index (χ4v) is 2.96. The van der Waals surface area contributed by atoms with Gasteiger partial charge in [0.05, 0.1) is 11.9 Å². The molecule has 0 saturated carbocycles. The maximum Gasteiger partial charge on any atom is 0.306 e. The topological polar surface area (TPSA) is 94.3 Å². The summed E-state index contributed by atoms with van der Waals surface area (Å²) in [5.74, 6) is 0.0761. The van der Waals surface area contributed by atoms with E-state index in [2.05, 4.69) is 15.5 Å². The van der Waals surface area contributed by atoms with Crippen molar-refractivity contribution in [3.8, 4) is 0 Å². The van der Waals surface area contributed by atoms with Crippen LogP contribution in [0.5, 0.6) is 0 Å². The van der Waals surface area contributed by atoms with Crippen LogP contribution in [0.2, 0.25) is 0 Å². The van der Waals surface area contributed by atoms with E-state index in [-0.39, 0.29) is 6.42 Å². The third-order valence-electron chi connectivity index (χ3n) is 4.51. The molecule has 152 valence electrons. The normalized spacial score (nSPS) is 11.9. The fraction of sp³-hybridized carbons (Fsp3) is 0.364. The predicted octanol–water partition coefficient (Wildman–Crippen LogP) is 4.20. The number of pyridine rings is 1. The minimum absolute atomic E-state index is 0.157. The minimum Gasteiger partial charge on any atom is -0.452 e. The quantitative estimate of drug-likeness (QED) is 0.546. The van der Waals surface area contributed by atoms with E-state index in [1.54, 1.807) is 13.0 Å². The van der Waals surface area contributed by atoms with Crippen LogP contribution >= 0.6 is 0 Å². The van der Waals surface area contributed by atoms with Crippen LogP contribution in [-0.4, -0.2) is 28.1 Å². The number of carbonyl (C=O) groups is 2. The van der Waals surface area contributed by atoms with Crippen molar-refractivity contribution < 1.29 is 18.8 Å². The molecule has 0 bridgehead atoms. The van der Waals surface area contributed by atoms with Crippen molar-refractivity contribution in [2.45, 2.75) is 52.1 Å². The van der Waals surface area contributed by atoms with Crippen molar-refractivity contribution >= 4 is 28.6 Å². The van der Waals surface area contributed by atoms with Crippen LogP contribution in [0.3, 0.4) is 0 Å². The number of nitrogens with one attached hydrogen (secondary N) is 1. The average Bonchev–Trinajstić information content (AvgIpc) is 3.13. The van der Waals surface area contributed by atoms with Gasteiger partial charge in [0.15, 0.2) is 11.9 Å². The summed E-state index contributed by atoms with van der Waals surface area (Å²) in [6, 6.07) is 13.3. The highest BCUT2D eigenvalue weighted by Crippen LogP contribution is 2.15. The highest BCUT2D eigenvalue weighted by atomic mass is 16.5. The molecule has 3 rings (SSSR count). The van der Waals surface area contributed by atoms with Gasteiger partial charge in [0, 0.05) is 23.6 Å². The summed E-state index contributed by atoms with van der Waals surface area (Å²) in [6.45, 7) is 3.75. The minimum atomic E-state index is -0.857. The Labute approximate surface area is 169 Å². The second-order valence-corrected chi connectivity index (χ2v) is 6.93. The lowest BCUT2D eigenvalue weighted by Crippen LogP contribution is -2.32. The van der Waals surface area contributed by atoms with E-state index in [4.69, 9.17) is 9.26 Å². The summed E-state index contributed by atoms with van der Waals surface area (Å²) in [5, 5.41) is 7.43. The molecule has 1 unspecified atom stereocenters. The van der Waals surface area contributed by atoms with Crippen LogP contribution in [0.4, 0.5) is 5.82 Å². The first-order chi connectivity index (χ1) is 14.0. The number of nitrogens with zero attached hydrogens (tertiary/aromatic N) is 2. The monoisotopic (exact) mass is 395 g/mol. The lowest BCUT2D eigenvalue weighted by molar-refractivity contribution is -0.154. The number of fused-ring (bicyclic) bond motifs is 1. The molecule has 0 aliphatic heterocycles. The van der Waals surface area contributed by atoms with Crippen molar-refractivity contribution in [3.05, 3.63) is 53.9 Å². The molecule has 0 fully saturated rings. The number of anilines is 1. The van der Waals surface area contributed by atoms with Crippen LogP contribution in [0, 0.1) is 6.92 Å². The number of aryl methyl sites for hydroxylation is 2. The molecule has 2 aromatic heterocycles. The third kappa shape index (κ3) is 5.88. The Morgan fingerprint density at radius 1 is 1.21 bits per heavy atom. The van der Waals surface area contributed by atoms with Crippen molar-refractivity contribution in [1.82, 2.24) is 10.1 Å². The van der Waals surface area contributed by atoms with Crippen LogP contribution in [0.25, 0.3) is 10.9 Å². The van der Waals surface area contributed by atoms with Crippen LogP contribution < -0.4 is 5.32 Å². The van der Waals surface area contributed by atoms with Crippen molar-refractivity contribution in [3.63, 3.8) is 0 Å². The van der Waals surface area contributed by atoms with Gasteiger partial charge >= 0.3 is 5.97 Å². The molecule has 0 saturated heterocycles. The molecule has 7 heteroatoms. The number of rotatable bonds is 9. The molecule has 0 radical (unpaired) electrons. The van der Waals surface area contributed by atoms with Gasteiger partial charge in [-0.1, -0.05) is 42.8 Å². The van der Waals surface area contributed by atoms with Gasteiger partial charge in [-0.3, -0.25) is 14.6 Å². The maximum absolute atomic E-state index is 12.5. The maximum atomic E-state index is 12.5. The largest absolute Gasteiger partial charge is 0.452 e. The molecular formula is C22H25N3O4. The van der Waals surface area contributed by atoms with E-state index < -0.39 is 18.0 Å². The number of hydrogen-bond donors (Lipinski definition) is 1. The lowest BCUT2D eigenvalue weighted by Gasteiger charge is -2.16. The van der Waals surface area contributed by atoms with Gasteiger partial charge in [0.2, 0.25) is 0 Å². The number of hydrogen-bond acceptors (Lipinski definition) is 6. The Kier molecular flexibility index (Phi) is 6.94. The first-order valence-electron chi connectivity index (χ1n) is 9.83. The summed E-state index contributed by atoms with van der Waals surface area (Å²) in [4.78, 5) is 29.4. The fourth-order valence-electron chi connectivity index (χ4n) is 2.96. The van der Waals surface area contributed by atoms with Crippen molar-refractivity contribution in [1.29, 1.82) is 0 Å². The van der Waals surface area contributed by atoms with E-state index in [1.807, 2.05) is 43.3 Å². The van der Waals surface area contributed by atoms with Crippen LogP contribution in [0.15, 0.2) is 47.0 Å². The number of carbonyl (C=O) groups excluding carboxylic acids is 2. The first kappa shape index (κ1) is 20.5. The molecule has 7 nitrogen and oxygen atoms in total. The van der Waals surface area contributed by atoms with Gasteiger partial charge in [-0.25, -0.2) is 0 Å². The number of ether oxygens (including phenoxy) is 1. The number of para-hydroxylation sites is 1. The van der Waals surface area contributed by atoms with E-state index in [0.717, 1.165) is 29.4 Å². The van der Waals surface area contributed by atoms with E-state index in [9.17, 15) is 9.59 Å². The van der Waals surface area contributed by atoms with Crippen molar-refractivity contribution in [2.75, 3.05) is 5.32 Å².